The average Bonchev–Trinajstić information content (AvgIpc) is 2.56. The lowest BCUT2D eigenvalue weighted by Gasteiger charge is -2.18. The Morgan fingerprint density at radius 1 is 1.12 bits per heavy atom. The maximum Gasteiger partial charge on any atom is 0.265 e. The predicted octanol–water partition coefficient (Wildman–Crippen LogP) is 5.51. The molecule has 5 heteroatoms. The van der Waals surface area contributed by atoms with Crippen LogP contribution in [0, 0.1) is 19.8 Å². The molecule has 0 spiro atoms. The minimum Gasteiger partial charge on any atom is -0.493 e. The molecule has 0 aliphatic heterocycles. The van der Waals surface area contributed by atoms with E-state index in [2.05, 4.69) is 35.1 Å². The summed E-state index contributed by atoms with van der Waals surface area (Å²) in [4.78, 5) is 12.5. The SMILES string of the molecule is Cc1cc(Br)cc(C)c1OC(C)C(=O)Nc1cccc(OCC(C)C)c1. The van der Waals surface area contributed by atoms with E-state index < -0.39 is 6.10 Å². The van der Waals surface area contributed by atoms with Gasteiger partial charge >= 0.3 is 0 Å². The number of aryl methyl sites for hydroxylation is 2. The Kier molecular flexibility index (Phi) is 7.09. The van der Waals surface area contributed by atoms with Crippen LogP contribution in [0.1, 0.15) is 31.9 Å². The third kappa shape index (κ3) is 5.77. The molecule has 1 N–H and O–H groups in total. The predicted molar refractivity (Wildman–Crippen MR) is 109 cm³/mol. The quantitative estimate of drug-likeness (QED) is 0.643. The maximum absolute atomic E-state index is 12.5. The van der Waals surface area contributed by atoms with Crippen LogP contribution in [-0.2, 0) is 4.79 Å². The van der Waals surface area contributed by atoms with Crippen molar-refractivity contribution in [2.45, 2.75) is 40.7 Å². The minimum absolute atomic E-state index is 0.201. The van der Waals surface area contributed by atoms with Crippen molar-refractivity contribution in [1.29, 1.82) is 0 Å². The summed E-state index contributed by atoms with van der Waals surface area (Å²) in [5.41, 5.74) is 2.66. The van der Waals surface area contributed by atoms with Crippen molar-refractivity contribution in [3.05, 3.63) is 52.0 Å². The fraction of sp³-hybridized carbons (Fsp3) is 0.381. The van der Waals surface area contributed by atoms with Gasteiger partial charge in [0.05, 0.1) is 6.61 Å². The molecule has 1 unspecified atom stereocenters. The molecule has 0 fully saturated rings. The Bertz CT molecular complexity index is 751. The zero-order valence-corrected chi connectivity index (χ0v) is 17.5. The van der Waals surface area contributed by atoms with Crippen molar-refractivity contribution in [2.24, 2.45) is 5.92 Å². The average molecular weight is 420 g/mol. The topological polar surface area (TPSA) is 47.6 Å². The molecule has 2 rings (SSSR count). The van der Waals surface area contributed by atoms with Crippen LogP contribution in [0.2, 0.25) is 0 Å². The van der Waals surface area contributed by atoms with Crippen LogP contribution in [0.15, 0.2) is 40.9 Å². The molecule has 0 aromatic heterocycles. The molecule has 1 amide bonds. The van der Waals surface area contributed by atoms with E-state index in [1.165, 1.54) is 0 Å². The maximum atomic E-state index is 12.5. The van der Waals surface area contributed by atoms with Gasteiger partial charge in [-0.05, 0) is 62.1 Å². The summed E-state index contributed by atoms with van der Waals surface area (Å²) < 4.78 is 12.6. The molecule has 0 saturated heterocycles. The van der Waals surface area contributed by atoms with Crippen molar-refractivity contribution >= 4 is 27.5 Å². The Hall–Kier alpha value is -2.01. The highest BCUT2D eigenvalue weighted by Crippen LogP contribution is 2.28. The lowest BCUT2D eigenvalue weighted by Crippen LogP contribution is -2.30. The van der Waals surface area contributed by atoms with Crippen LogP contribution in [0.4, 0.5) is 5.69 Å². The molecule has 26 heavy (non-hydrogen) atoms. The minimum atomic E-state index is -0.617. The van der Waals surface area contributed by atoms with Gasteiger partial charge in [-0.1, -0.05) is 35.8 Å². The standard InChI is InChI=1S/C21H26BrNO3/c1-13(2)12-25-19-8-6-7-18(11-19)23-21(24)16(5)26-20-14(3)9-17(22)10-15(20)4/h6-11,13,16H,12H2,1-5H3,(H,23,24). The number of anilines is 1. The molecule has 0 saturated carbocycles. The molecule has 2 aromatic rings. The Balaban J connectivity index is 2.02. The number of ether oxygens (including phenoxy) is 2. The van der Waals surface area contributed by atoms with Gasteiger partial charge in [0.25, 0.3) is 5.91 Å². The van der Waals surface area contributed by atoms with Crippen LogP contribution >= 0.6 is 15.9 Å². The summed E-state index contributed by atoms with van der Waals surface area (Å²) in [6.07, 6.45) is -0.617. The summed E-state index contributed by atoms with van der Waals surface area (Å²) >= 11 is 3.47. The molecular weight excluding hydrogens is 394 g/mol. The highest BCUT2D eigenvalue weighted by atomic mass is 79.9. The van der Waals surface area contributed by atoms with Gasteiger partial charge in [0.2, 0.25) is 0 Å². The first-order valence-corrected chi connectivity index (χ1v) is 9.52. The van der Waals surface area contributed by atoms with Crippen molar-refractivity contribution in [3.63, 3.8) is 0 Å². The number of amides is 1. The number of carbonyl (C=O) groups is 1. The first kappa shape index (κ1) is 20.3. The van der Waals surface area contributed by atoms with Crippen molar-refractivity contribution in [2.75, 3.05) is 11.9 Å². The van der Waals surface area contributed by atoms with Crippen LogP contribution in [0.3, 0.4) is 0 Å². The molecule has 4 nitrogen and oxygen atoms in total. The number of hydrogen-bond donors (Lipinski definition) is 1. The molecule has 140 valence electrons. The number of halogens is 1. The highest BCUT2D eigenvalue weighted by molar-refractivity contribution is 9.10. The summed E-state index contributed by atoms with van der Waals surface area (Å²) in [7, 11) is 0. The first-order valence-electron chi connectivity index (χ1n) is 8.73. The van der Waals surface area contributed by atoms with E-state index in [9.17, 15) is 4.79 Å². The van der Waals surface area contributed by atoms with Crippen LogP contribution in [0.25, 0.3) is 0 Å². The van der Waals surface area contributed by atoms with E-state index >= 15 is 0 Å². The molecule has 0 bridgehead atoms. The van der Waals surface area contributed by atoms with E-state index in [0.717, 1.165) is 27.1 Å². The van der Waals surface area contributed by atoms with Gasteiger partial charge in [-0.15, -0.1) is 0 Å². The molecule has 0 radical (unpaired) electrons. The second-order valence-corrected chi connectivity index (χ2v) is 7.77. The third-order valence-electron chi connectivity index (χ3n) is 3.77. The zero-order chi connectivity index (χ0) is 19.3. The van der Waals surface area contributed by atoms with E-state index in [1.54, 1.807) is 6.92 Å². The van der Waals surface area contributed by atoms with Gasteiger partial charge in [0, 0.05) is 16.2 Å². The fourth-order valence-electron chi connectivity index (χ4n) is 2.48. The summed E-state index contributed by atoms with van der Waals surface area (Å²) in [6.45, 7) is 10.5. The van der Waals surface area contributed by atoms with Gasteiger partial charge in [-0.25, -0.2) is 0 Å². The normalized spacial score (nSPS) is 12.0. The van der Waals surface area contributed by atoms with Crippen molar-refractivity contribution in [3.8, 4) is 11.5 Å². The van der Waals surface area contributed by atoms with E-state index in [1.807, 2.05) is 50.2 Å². The number of hydrogen-bond acceptors (Lipinski definition) is 3. The zero-order valence-electron chi connectivity index (χ0n) is 15.9. The molecule has 2 aromatic carbocycles. The molecule has 0 heterocycles. The highest BCUT2D eigenvalue weighted by Gasteiger charge is 2.17. The summed E-state index contributed by atoms with van der Waals surface area (Å²) in [5, 5.41) is 2.89. The number of carbonyl (C=O) groups excluding carboxylic acids is 1. The molecule has 1 atom stereocenters. The van der Waals surface area contributed by atoms with E-state index in [-0.39, 0.29) is 5.91 Å². The van der Waals surface area contributed by atoms with Crippen molar-refractivity contribution in [1.82, 2.24) is 0 Å². The largest absolute Gasteiger partial charge is 0.493 e. The second-order valence-electron chi connectivity index (χ2n) is 6.85. The first-order chi connectivity index (χ1) is 12.3. The lowest BCUT2D eigenvalue weighted by molar-refractivity contribution is -0.122. The van der Waals surface area contributed by atoms with Crippen LogP contribution in [-0.4, -0.2) is 18.6 Å². The van der Waals surface area contributed by atoms with Gasteiger partial charge in [-0.3, -0.25) is 4.79 Å². The Labute approximate surface area is 164 Å². The Morgan fingerprint density at radius 3 is 2.38 bits per heavy atom. The smallest absolute Gasteiger partial charge is 0.265 e. The van der Waals surface area contributed by atoms with E-state index in [4.69, 9.17) is 9.47 Å². The third-order valence-corrected chi connectivity index (χ3v) is 4.23. The summed E-state index contributed by atoms with van der Waals surface area (Å²) in [5.74, 6) is 1.72. The van der Waals surface area contributed by atoms with Gasteiger partial charge in [0.15, 0.2) is 6.10 Å². The lowest BCUT2D eigenvalue weighted by atomic mass is 10.1. The Morgan fingerprint density at radius 2 is 1.77 bits per heavy atom. The van der Waals surface area contributed by atoms with E-state index in [0.29, 0.717) is 18.2 Å². The van der Waals surface area contributed by atoms with Crippen LogP contribution < -0.4 is 14.8 Å². The molecule has 0 aliphatic carbocycles. The van der Waals surface area contributed by atoms with Gasteiger partial charge < -0.3 is 14.8 Å². The summed E-state index contributed by atoms with van der Waals surface area (Å²) in [6, 6.07) is 11.4. The fourth-order valence-corrected chi connectivity index (χ4v) is 3.17. The van der Waals surface area contributed by atoms with Gasteiger partial charge in [-0.2, -0.15) is 0 Å². The number of rotatable bonds is 7. The monoisotopic (exact) mass is 419 g/mol. The molecular formula is C21H26BrNO3. The van der Waals surface area contributed by atoms with Crippen molar-refractivity contribution < 1.29 is 14.3 Å². The number of nitrogens with one attached hydrogen (secondary N) is 1. The van der Waals surface area contributed by atoms with Crippen LogP contribution in [0.5, 0.6) is 11.5 Å². The van der Waals surface area contributed by atoms with Gasteiger partial charge in [0.1, 0.15) is 11.5 Å². The second kappa shape index (κ2) is 9.08. The molecule has 0 aliphatic rings. The number of benzene rings is 2.